The van der Waals surface area contributed by atoms with E-state index in [2.05, 4.69) is 17.1 Å². The van der Waals surface area contributed by atoms with Gasteiger partial charge in [0.2, 0.25) is 0 Å². The number of aromatic nitrogens is 2. The molecule has 0 unspecified atom stereocenters. The van der Waals surface area contributed by atoms with Crippen LogP contribution in [0.1, 0.15) is 55.4 Å². The van der Waals surface area contributed by atoms with E-state index in [-0.39, 0.29) is 5.56 Å². The highest BCUT2D eigenvalue weighted by Crippen LogP contribution is 2.12. The molecule has 0 aliphatic heterocycles. The summed E-state index contributed by atoms with van der Waals surface area (Å²) >= 11 is 0. The molecule has 1 aromatic carbocycles. The summed E-state index contributed by atoms with van der Waals surface area (Å²) in [6, 6.07) is 6.99. The Morgan fingerprint density at radius 1 is 1.00 bits per heavy atom. The van der Waals surface area contributed by atoms with Crippen LogP contribution in [0, 0.1) is 29.6 Å². The van der Waals surface area contributed by atoms with Gasteiger partial charge in [0.15, 0.2) is 0 Å². The van der Waals surface area contributed by atoms with Crippen molar-refractivity contribution < 1.29 is 29.7 Å². The van der Waals surface area contributed by atoms with E-state index in [9.17, 15) is 14.4 Å². The van der Waals surface area contributed by atoms with E-state index in [1.807, 2.05) is 17.7 Å². The van der Waals surface area contributed by atoms with Crippen LogP contribution in [0.4, 0.5) is 0 Å². The molecule has 29 heavy (non-hydrogen) atoms. The van der Waals surface area contributed by atoms with Crippen LogP contribution in [0.3, 0.4) is 0 Å². The third kappa shape index (κ3) is 6.81. The van der Waals surface area contributed by atoms with Gasteiger partial charge in [-0.15, -0.1) is 0 Å². The van der Waals surface area contributed by atoms with Crippen molar-refractivity contribution in [3.63, 3.8) is 0 Å². The Bertz CT molecular complexity index is 962. The second kappa shape index (κ2) is 10.8. The Morgan fingerprint density at radius 2 is 1.62 bits per heavy atom. The van der Waals surface area contributed by atoms with Crippen LogP contribution < -0.4 is 0 Å². The number of imidazole rings is 1. The summed E-state index contributed by atoms with van der Waals surface area (Å²) in [6.07, 6.45) is 3.54. The lowest BCUT2D eigenvalue weighted by Crippen LogP contribution is -2.10. The summed E-state index contributed by atoms with van der Waals surface area (Å²) in [5.74, 6) is -3.30. The number of carboxylic acid groups (broad SMARTS) is 3. The fourth-order valence-electron chi connectivity index (χ4n) is 2.37. The molecule has 2 aromatic rings. The van der Waals surface area contributed by atoms with E-state index in [1.54, 1.807) is 0 Å². The zero-order chi connectivity index (χ0) is 22.0. The Kier molecular flexibility index (Phi) is 8.55. The Morgan fingerprint density at radius 3 is 2.14 bits per heavy atom. The van der Waals surface area contributed by atoms with E-state index in [0.717, 1.165) is 29.7 Å². The average Bonchev–Trinajstić information content (AvgIpc) is 3.03. The van der Waals surface area contributed by atoms with Crippen molar-refractivity contribution in [2.24, 2.45) is 0 Å². The highest BCUT2D eigenvalue weighted by molar-refractivity contribution is 6.03. The highest BCUT2D eigenvalue weighted by Gasteiger charge is 2.17. The van der Waals surface area contributed by atoms with Crippen molar-refractivity contribution in [2.45, 2.75) is 32.7 Å². The first-order chi connectivity index (χ1) is 13.7. The molecule has 0 radical (unpaired) electrons. The molecule has 0 saturated heterocycles. The highest BCUT2D eigenvalue weighted by atomic mass is 16.4. The number of aryl methyl sites for hydroxylation is 3. The number of nitrogens with zero attached hydrogens (tertiary/aromatic N) is 4. The molecule has 10 heteroatoms. The summed E-state index contributed by atoms with van der Waals surface area (Å²) in [4.78, 5) is 36.1. The third-order valence-electron chi connectivity index (χ3n) is 3.63. The molecule has 0 amide bonds. The van der Waals surface area contributed by atoms with E-state index >= 15 is 0 Å². The van der Waals surface area contributed by atoms with Crippen LogP contribution in [0.25, 0.3) is 0 Å². The minimum absolute atomic E-state index is 0.266. The van der Waals surface area contributed by atoms with Gasteiger partial charge in [-0.3, -0.25) is 0 Å². The quantitative estimate of drug-likeness (QED) is 0.631. The molecule has 0 aliphatic rings. The van der Waals surface area contributed by atoms with Crippen LogP contribution >= 0.6 is 0 Å². The number of rotatable bonds is 7. The molecule has 3 N–H and O–H groups in total. The molecule has 150 valence electrons. The van der Waals surface area contributed by atoms with Crippen molar-refractivity contribution in [3.05, 3.63) is 52.6 Å². The average molecular weight is 398 g/mol. The standard InChI is InChI=1S/C10H12N4.C9H6O6/c1-9-8-14(7-3-6-12)10(13-9)4-2-5-11;10-7(11)4-1-2-5(8(12)13)6(3-4)9(14)15/h8H,2-4,7H2,1H3;1-3H,(H,10,11)(H,12,13)(H,14,15). The van der Waals surface area contributed by atoms with Gasteiger partial charge in [0, 0.05) is 25.6 Å². The molecular weight excluding hydrogens is 380 g/mol. The van der Waals surface area contributed by atoms with Gasteiger partial charge in [-0.05, 0) is 25.1 Å². The molecule has 0 aliphatic carbocycles. The minimum atomic E-state index is -1.48. The normalized spacial score (nSPS) is 9.48. The van der Waals surface area contributed by atoms with Crippen LogP contribution in [0.2, 0.25) is 0 Å². The summed E-state index contributed by atoms with van der Waals surface area (Å²) in [7, 11) is 0. The lowest BCUT2D eigenvalue weighted by molar-refractivity contribution is 0.0649. The smallest absolute Gasteiger partial charge is 0.336 e. The van der Waals surface area contributed by atoms with E-state index in [4.69, 9.17) is 25.8 Å². The van der Waals surface area contributed by atoms with Crippen LogP contribution in [0.15, 0.2) is 24.4 Å². The van der Waals surface area contributed by atoms with Crippen LogP contribution in [0.5, 0.6) is 0 Å². The van der Waals surface area contributed by atoms with Gasteiger partial charge in [0.05, 0.1) is 40.9 Å². The number of benzene rings is 1. The fraction of sp³-hybridized carbons (Fsp3) is 0.263. The maximum absolute atomic E-state index is 10.6. The molecule has 0 bridgehead atoms. The van der Waals surface area contributed by atoms with Crippen molar-refractivity contribution in [1.82, 2.24) is 9.55 Å². The molecule has 0 atom stereocenters. The number of carbonyl (C=O) groups is 3. The van der Waals surface area contributed by atoms with Crippen molar-refractivity contribution in [2.75, 3.05) is 0 Å². The fourth-order valence-corrected chi connectivity index (χ4v) is 2.37. The third-order valence-corrected chi connectivity index (χ3v) is 3.63. The second-order valence-electron chi connectivity index (χ2n) is 5.73. The van der Waals surface area contributed by atoms with Crippen LogP contribution in [-0.2, 0) is 13.0 Å². The first-order valence-corrected chi connectivity index (χ1v) is 8.31. The maximum atomic E-state index is 10.6. The molecule has 0 fully saturated rings. The maximum Gasteiger partial charge on any atom is 0.336 e. The first-order valence-electron chi connectivity index (χ1n) is 8.31. The summed E-state index contributed by atoms with van der Waals surface area (Å²) in [5, 5.41) is 42.8. The monoisotopic (exact) mass is 398 g/mol. The van der Waals surface area contributed by atoms with Crippen molar-refractivity contribution in [3.8, 4) is 12.1 Å². The summed E-state index contributed by atoms with van der Waals surface area (Å²) < 4.78 is 1.95. The number of carboxylic acids is 3. The number of hydrogen-bond acceptors (Lipinski definition) is 6. The van der Waals surface area contributed by atoms with E-state index in [1.165, 1.54) is 0 Å². The molecule has 1 heterocycles. The summed E-state index contributed by atoms with van der Waals surface area (Å²) in [5.41, 5.74) is -0.303. The van der Waals surface area contributed by atoms with Crippen molar-refractivity contribution in [1.29, 1.82) is 10.5 Å². The Balaban J connectivity index is 0.000000291. The van der Waals surface area contributed by atoms with Gasteiger partial charge in [0.25, 0.3) is 0 Å². The summed E-state index contributed by atoms with van der Waals surface area (Å²) in [6.45, 7) is 2.58. The lowest BCUT2D eigenvalue weighted by atomic mass is 10.0. The SMILES string of the molecule is Cc1cn(CCC#N)c(CCC#N)n1.O=C(O)c1ccc(C(=O)O)c(C(=O)O)c1. The Labute approximate surface area is 165 Å². The van der Waals surface area contributed by atoms with Crippen molar-refractivity contribution >= 4 is 17.9 Å². The lowest BCUT2D eigenvalue weighted by Gasteiger charge is -2.02. The van der Waals surface area contributed by atoms with Gasteiger partial charge < -0.3 is 19.9 Å². The van der Waals surface area contributed by atoms with Crippen LogP contribution in [-0.4, -0.2) is 42.8 Å². The van der Waals surface area contributed by atoms with Gasteiger partial charge in [-0.2, -0.15) is 10.5 Å². The van der Waals surface area contributed by atoms with Gasteiger partial charge in [-0.25, -0.2) is 19.4 Å². The zero-order valence-electron chi connectivity index (χ0n) is 15.5. The Hall–Kier alpha value is -4.18. The van der Waals surface area contributed by atoms with Gasteiger partial charge in [0.1, 0.15) is 5.82 Å². The predicted octanol–water partition coefficient (Wildman–Crippen LogP) is 2.34. The number of aromatic carboxylic acids is 3. The molecule has 1 aromatic heterocycles. The van der Waals surface area contributed by atoms with Gasteiger partial charge in [-0.1, -0.05) is 0 Å². The predicted molar refractivity (Wildman–Crippen MR) is 98.4 cm³/mol. The van der Waals surface area contributed by atoms with E-state index in [0.29, 0.717) is 25.8 Å². The zero-order valence-corrected chi connectivity index (χ0v) is 15.5. The first kappa shape index (κ1) is 22.9. The van der Waals surface area contributed by atoms with E-state index < -0.39 is 29.0 Å². The second-order valence-corrected chi connectivity index (χ2v) is 5.73. The molecule has 0 saturated carbocycles. The van der Waals surface area contributed by atoms with Gasteiger partial charge >= 0.3 is 17.9 Å². The molecule has 10 nitrogen and oxygen atoms in total. The largest absolute Gasteiger partial charge is 0.478 e. The minimum Gasteiger partial charge on any atom is -0.478 e. The number of nitriles is 2. The topological polar surface area (TPSA) is 177 Å². The molecule has 2 rings (SSSR count). The number of hydrogen-bond donors (Lipinski definition) is 3. The molecular formula is C19H18N4O6. The molecule has 0 spiro atoms.